The van der Waals surface area contributed by atoms with E-state index in [4.69, 9.17) is 4.74 Å². The topological polar surface area (TPSA) is 84.0 Å². The molecule has 8 heteroatoms. The second-order valence-electron chi connectivity index (χ2n) is 8.40. The molecule has 0 spiro atoms. The summed E-state index contributed by atoms with van der Waals surface area (Å²) in [5.41, 5.74) is 2.11. The summed E-state index contributed by atoms with van der Waals surface area (Å²) >= 11 is 0. The predicted octanol–water partition coefficient (Wildman–Crippen LogP) is 4.48. The van der Waals surface area contributed by atoms with E-state index in [0.717, 1.165) is 16.9 Å². The van der Waals surface area contributed by atoms with E-state index in [1.807, 2.05) is 37.3 Å². The fourth-order valence-corrected chi connectivity index (χ4v) is 5.80. The Balaban J connectivity index is 1.67. The summed E-state index contributed by atoms with van der Waals surface area (Å²) in [5.74, 6) is -0.565. The fraction of sp³-hybridized carbons (Fsp3) is 0.259. The first-order valence-electron chi connectivity index (χ1n) is 11.5. The predicted molar refractivity (Wildman–Crippen MR) is 133 cm³/mol. The number of nitrogens with zero attached hydrogens (tertiary/aromatic N) is 2. The summed E-state index contributed by atoms with van der Waals surface area (Å²) in [6.45, 7) is 2.57. The van der Waals surface area contributed by atoms with Crippen molar-refractivity contribution in [1.82, 2.24) is 9.21 Å². The molecule has 1 heterocycles. The molecule has 0 saturated heterocycles. The number of imide groups is 1. The number of benzene rings is 3. The molecule has 0 aliphatic carbocycles. The highest BCUT2D eigenvalue weighted by molar-refractivity contribution is 7.89. The Morgan fingerprint density at radius 1 is 0.857 bits per heavy atom. The van der Waals surface area contributed by atoms with E-state index in [0.29, 0.717) is 29.7 Å². The minimum Gasteiger partial charge on any atom is -0.495 e. The standard InChI is InChI=1S/C27H28N2O5S/c1-3-4-16-28(18-20-10-6-5-7-11-20)35(32,33)25-17-21(14-15-24(25)34-2)19-29-26(30)22-12-8-9-13-23(22)27(29)31/h5-15,17H,3-4,16,18-19H2,1-2H3. The molecule has 0 atom stereocenters. The number of unbranched alkanes of at least 4 members (excludes halogenated alkanes) is 1. The first-order chi connectivity index (χ1) is 16.9. The van der Waals surface area contributed by atoms with Crippen molar-refractivity contribution < 1.29 is 22.7 Å². The van der Waals surface area contributed by atoms with E-state index in [2.05, 4.69) is 0 Å². The fourth-order valence-electron chi connectivity index (χ4n) is 4.13. The Morgan fingerprint density at radius 3 is 2.09 bits per heavy atom. The van der Waals surface area contributed by atoms with Gasteiger partial charge in [0.1, 0.15) is 10.6 Å². The van der Waals surface area contributed by atoms with Crippen LogP contribution in [-0.4, -0.2) is 43.1 Å². The zero-order chi connectivity index (χ0) is 25.0. The number of methoxy groups -OCH3 is 1. The minimum absolute atomic E-state index is 0.0149. The van der Waals surface area contributed by atoms with Crippen molar-refractivity contribution >= 4 is 21.8 Å². The van der Waals surface area contributed by atoms with Gasteiger partial charge in [0.05, 0.1) is 24.8 Å². The molecule has 7 nitrogen and oxygen atoms in total. The molecule has 0 aromatic heterocycles. The van der Waals surface area contributed by atoms with E-state index in [-0.39, 0.29) is 35.5 Å². The van der Waals surface area contributed by atoms with Crippen molar-refractivity contribution in [3.05, 3.63) is 95.1 Å². The van der Waals surface area contributed by atoms with Gasteiger partial charge in [-0.2, -0.15) is 4.31 Å². The summed E-state index contributed by atoms with van der Waals surface area (Å²) in [6.07, 6.45) is 1.56. The maximum Gasteiger partial charge on any atom is 0.261 e. The average Bonchev–Trinajstić information content (AvgIpc) is 3.12. The Hall–Kier alpha value is -3.49. The van der Waals surface area contributed by atoms with Crippen LogP contribution in [0, 0.1) is 0 Å². The van der Waals surface area contributed by atoms with Gasteiger partial charge in [0, 0.05) is 13.1 Å². The Labute approximate surface area is 206 Å². The van der Waals surface area contributed by atoms with Crippen LogP contribution < -0.4 is 4.74 Å². The molecule has 182 valence electrons. The lowest BCUT2D eigenvalue weighted by Crippen LogP contribution is -2.32. The highest BCUT2D eigenvalue weighted by Gasteiger charge is 2.35. The normalized spacial score (nSPS) is 13.4. The highest BCUT2D eigenvalue weighted by atomic mass is 32.2. The molecule has 2 amide bonds. The number of rotatable bonds is 10. The summed E-state index contributed by atoms with van der Waals surface area (Å²) in [7, 11) is -2.51. The number of hydrogen-bond donors (Lipinski definition) is 0. The van der Waals surface area contributed by atoms with Crippen LogP contribution in [0.25, 0.3) is 0 Å². The molecule has 0 radical (unpaired) electrons. The van der Waals surface area contributed by atoms with Crippen LogP contribution >= 0.6 is 0 Å². The number of fused-ring (bicyclic) bond motifs is 1. The molecule has 1 aliphatic heterocycles. The molecule has 3 aromatic rings. The van der Waals surface area contributed by atoms with Gasteiger partial charge in [0.15, 0.2) is 0 Å². The zero-order valence-corrected chi connectivity index (χ0v) is 20.6. The van der Waals surface area contributed by atoms with Crippen molar-refractivity contribution in [3.63, 3.8) is 0 Å². The van der Waals surface area contributed by atoms with Crippen LogP contribution in [-0.2, 0) is 23.1 Å². The second-order valence-corrected chi connectivity index (χ2v) is 10.3. The van der Waals surface area contributed by atoms with Gasteiger partial charge < -0.3 is 4.74 Å². The van der Waals surface area contributed by atoms with Crippen molar-refractivity contribution in [2.24, 2.45) is 0 Å². The lowest BCUT2D eigenvalue weighted by molar-refractivity contribution is 0.0642. The number of hydrogen-bond acceptors (Lipinski definition) is 5. The first kappa shape index (κ1) is 24.6. The van der Waals surface area contributed by atoms with Gasteiger partial charge in [-0.15, -0.1) is 0 Å². The van der Waals surface area contributed by atoms with Crippen LogP contribution in [0.3, 0.4) is 0 Å². The second kappa shape index (κ2) is 10.4. The maximum absolute atomic E-state index is 13.8. The van der Waals surface area contributed by atoms with Crippen LogP contribution in [0.1, 0.15) is 51.6 Å². The average molecular weight is 493 g/mol. The lowest BCUT2D eigenvalue weighted by atomic mass is 10.1. The molecule has 1 aliphatic rings. The van der Waals surface area contributed by atoms with Gasteiger partial charge in [-0.25, -0.2) is 8.42 Å². The minimum atomic E-state index is -3.93. The van der Waals surface area contributed by atoms with Gasteiger partial charge in [0.25, 0.3) is 11.8 Å². The van der Waals surface area contributed by atoms with Gasteiger partial charge >= 0.3 is 0 Å². The Morgan fingerprint density at radius 2 is 1.49 bits per heavy atom. The molecule has 0 saturated carbocycles. The number of amides is 2. The number of sulfonamides is 1. The maximum atomic E-state index is 13.8. The zero-order valence-electron chi connectivity index (χ0n) is 19.8. The summed E-state index contributed by atoms with van der Waals surface area (Å²) in [5, 5.41) is 0. The van der Waals surface area contributed by atoms with E-state index < -0.39 is 10.0 Å². The smallest absolute Gasteiger partial charge is 0.261 e. The first-order valence-corrected chi connectivity index (χ1v) is 13.0. The summed E-state index contributed by atoms with van der Waals surface area (Å²) in [6, 6.07) is 20.8. The highest BCUT2D eigenvalue weighted by Crippen LogP contribution is 2.31. The quantitative estimate of drug-likeness (QED) is 0.390. The number of ether oxygens (including phenoxy) is 1. The Kier molecular flexibility index (Phi) is 7.33. The third kappa shape index (κ3) is 4.99. The van der Waals surface area contributed by atoms with E-state index in [1.54, 1.807) is 36.4 Å². The third-order valence-electron chi connectivity index (χ3n) is 6.03. The molecule has 35 heavy (non-hydrogen) atoms. The molecule has 0 unspecified atom stereocenters. The molecule has 0 fully saturated rings. The van der Waals surface area contributed by atoms with Gasteiger partial charge in [-0.3, -0.25) is 14.5 Å². The summed E-state index contributed by atoms with van der Waals surface area (Å²) < 4.78 is 34.5. The molecule has 0 N–H and O–H groups in total. The van der Waals surface area contributed by atoms with Crippen molar-refractivity contribution in [3.8, 4) is 5.75 Å². The molecule has 0 bridgehead atoms. The summed E-state index contributed by atoms with van der Waals surface area (Å²) in [4.78, 5) is 26.8. The van der Waals surface area contributed by atoms with Crippen molar-refractivity contribution in [2.75, 3.05) is 13.7 Å². The van der Waals surface area contributed by atoms with E-state index in [1.165, 1.54) is 17.5 Å². The molecular weight excluding hydrogens is 464 g/mol. The monoisotopic (exact) mass is 492 g/mol. The van der Waals surface area contributed by atoms with Crippen molar-refractivity contribution in [1.29, 1.82) is 0 Å². The van der Waals surface area contributed by atoms with Crippen LogP contribution in [0.5, 0.6) is 5.75 Å². The van der Waals surface area contributed by atoms with E-state index >= 15 is 0 Å². The van der Waals surface area contributed by atoms with Crippen LogP contribution in [0.2, 0.25) is 0 Å². The Bertz CT molecular complexity index is 1300. The van der Waals surface area contributed by atoms with E-state index in [9.17, 15) is 18.0 Å². The van der Waals surface area contributed by atoms with Crippen molar-refractivity contribution in [2.45, 2.75) is 37.8 Å². The van der Waals surface area contributed by atoms with Crippen LogP contribution in [0.15, 0.2) is 77.7 Å². The molecular formula is C27H28N2O5S. The van der Waals surface area contributed by atoms with Crippen LogP contribution in [0.4, 0.5) is 0 Å². The molecule has 4 rings (SSSR count). The van der Waals surface area contributed by atoms with Gasteiger partial charge in [-0.1, -0.05) is 61.9 Å². The third-order valence-corrected chi connectivity index (χ3v) is 7.89. The molecule has 3 aromatic carbocycles. The largest absolute Gasteiger partial charge is 0.495 e. The number of carbonyl (C=O) groups excluding carboxylic acids is 2. The number of carbonyl (C=O) groups is 2. The van der Waals surface area contributed by atoms with Gasteiger partial charge in [-0.05, 0) is 41.8 Å². The lowest BCUT2D eigenvalue weighted by Gasteiger charge is -2.24. The van der Waals surface area contributed by atoms with Gasteiger partial charge in [0.2, 0.25) is 10.0 Å². The SMILES string of the molecule is CCCCN(Cc1ccccc1)S(=O)(=O)c1cc(CN2C(=O)c3ccccc3C2=O)ccc1OC.